The Labute approximate surface area is 104 Å². The fourth-order valence-corrected chi connectivity index (χ4v) is 2.76. The van der Waals surface area contributed by atoms with Gasteiger partial charge >= 0.3 is 0 Å². The van der Waals surface area contributed by atoms with E-state index in [9.17, 15) is 0 Å². The van der Waals surface area contributed by atoms with E-state index in [2.05, 4.69) is 0 Å². The van der Waals surface area contributed by atoms with Gasteiger partial charge in [0.15, 0.2) is 0 Å². The molecule has 0 aromatic heterocycles. The highest BCUT2D eigenvalue weighted by atomic mass is 16.8. The van der Waals surface area contributed by atoms with Crippen LogP contribution in [-0.2, 0) is 18.9 Å². The van der Waals surface area contributed by atoms with E-state index in [1.807, 2.05) is 42.5 Å². The van der Waals surface area contributed by atoms with Crippen LogP contribution in [0.25, 0.3) is 0 Å². The molecule has 2 saturated heterocycles. The van der Waals surface area contributed by atoms with Gasteiger partial charge < -0.3 is 18.9 Å². The van der Waals surface area contributed by atoms with Crippen LogP contribution in [0.5, 0.6) is 0 Å². The second kappa shape index (κ2) is 4.54. The lowest BCUT2D eigenvalue weighted by atomic mass is 9.93. The summed E-state index contributed by atoms with van der Waals surface area (Å²) in [5, 5.41) is 0. The lowest BCUT2D eigenvalue weighted by Gasteiger charge is -2.37. The molecule has 2 aliphatic heterocycles. The topological polar surface area (TPSA) is 36.9 Å². The number of fused-ring (bicyclic) bond motifs is 2. The fraction of sp³-hybridized carbons (Fsp3) is 1.00. The van der Waals surface area contributed by atoms with Crippen LogP contribution in [0.2, 0.25) is 0 Å². The highest BCUT2D eigenvalue weighted by molar-refractivity contribution is 6.11. The molecular formula is C12H23BO4. The Morgan fingerprint density at radius 3 is 2.35 bits per heavy atom. The Morgan fingerprint density at radius 1 is 1.18 bits per heavy atom. The molecule has 0 spiro atoms. The quantitative estimate of drug-likeness (QED) is 0.679. The molecule has 2 bridgehead atoms. The summed E-state index contributed by atoms with van der Waals surface area (Å²) in [5.41, 5.74) is 0. The summed E-state index contributed by atoms with van der Waals surface area (Å²) < 4.78 is 23.9. The van der Waals surface area contributed by atoms with Crippen molar-refractivity contribution < 1.29 is 18.9 Å². The van der Waals surface area contributed by atoms with Crippen LogP contribution >= 0.6 is 0 Å². The minimum Gasteiger partial charge on any atom is -0.367 e. The van der Waals surface area contributed by atoms with Crippen LogP contribution in [0.4, 0.5) is 0 Å². The normalized spacial score (nSPS) is 45.1. The van der Waals surface area contributed by atoms with Crippen molar-refractivity contribution in [2.45, 2.75) is 76.9 Å². The van der Waals surface area contributed by atoms with Crippen molar-refractivity contribution in [3.05, 3.63) is 0 Å². The second-order valence-corrected chi connectivity index (χ2v) is 5.56. The van der Waals surface area contributed by atoms with E-state index < -0.39 is 5.79 Å². The highest BCUT2D eigenvalue weighted by Crippen LogP contribution is 2.46. The maximum Gasteiger partial charge on any atom is 0.224 e. The summed E-state index contributed by atoms with van der Waals surface area (Å²) in [6.07, 6.45) is -0.0142. The largest absolute Gasteiger partial charge is 0.367 e. The maximum absolute atomic E-state index is 6.01. The Morgan fingerprint density at radius 2 is 1.82 bits per heavy atom. The van der Waals surface area contributed by atoms with Gasteiger partial charge in [-0.05, 0) is 34.6 Å². The average Bonchev–Trinajstić information content (AvgIpc) is 2.53. The van der Waals surface area contributed by atoms with Crippen LogP contribution < -0.4 is 0 Å². The minimum atomic E-state index is -0.734. The zero-order valence-corrected chi connectivity index (χ0v) is 11.6. The molecule has 5 heteroatoms. The molecule has 0 aliphatic carbocycles. The first-order chi connectivity index (χ1) is 7.86. The molecule has 0 aromatic rings. The van der Waals surface area contributed by atoms with Crippen LogP contribution in [-0.4, -0.2) is 50.2 Å². The molecule has 17 heavy (non-hydrogen) atoms. The number of hydrogen-bond acceptors (Lipinski definition) is 4. The van der Waals surface area contributed by atoms with Gasteiger partial charge in [0.2, 0.25) is 5.79 Å². The third kappa shape index (κ3) is 2.14. The first-order valence-electron chi connectivity index (χ1n) is 6.53. The SMILES string of the molecule is B[C@@H]1O[C@]2(OC(C)C)C(OC(C)C)[C@@H]1O[C@@H]2C. The standard InChI is InChI=1S/C12H23BO4/c1-6(2)14-10-9-11(13)17-12(10,8(5)15-9)16-7(3)4/h6-11H,13H2,1-5H3/t8-,9+,10?,11-,12+/m1/s1. The molecule has 2 fully saturated rings. The van der Waals surface area contributed by atoms with Crippen LogP contribution in [0.3, 0.4) is 0 Å². The van der Waals surface area contributed by atoms with Crippen molar-refractivity contribution in [3.63, 3.8) is 0 Å². The van der Waals surface area contributed by atoms with Crippen molar-refractivity contribution in [2.24, 2.45) is 0 Å². The number of ether oxygens (including phenoxy) is 4. The van der Waals surface area contributed by atoms with Gasteiger partial charge in [0.25, 0.3) is 0 Å². The molecule has 98 valence electrons. The van der Waals surface area contributed by atoms with Gasteiger partial charge in [0, 0.05) is 0 Å². The van der Waals surface area contributed by atoms with Gasteiger partial charge in [-0.25, -0.2) is 0 Å². The van der Waals surface area contributed by atoms with Gasteiger partial charge in [-0.3, -0.25) is 0 Å². The predicted octanol–water partition coefficient (Wildman–Crippen LogP) is 0.678. The summed E-state index contributed by atoms with van der Waals surface area (Å²) in [5.74, 6) is -0.734. The Hall–Kier alpha value is -0.0951. The summed E-state index contributed by atoms with van der Waals surface area (Å²) in [6, 6.07) is 0.0219. The van der Waals surface area contributed by atoms with Crippen LogP contribution in [0.15, 0.2) is 0 Å². The summed E-state index contributed by atoms with van der Waals surface area (Å²) in [4.78, 5) is 0. The lowest BCUT2D eigenvalue weighted by Crippen LogP contribution is -2.51. The second-order valence-electron chi connectivity index (χ2n) is 5.56. The molecule has 5 atom stereocenters. The van der Waals surface area contributed by atoms with Gasteiger partial charge in [0.05, 0.1) is 18.2 Å². The monoisotopic (exact) mass is 242 g/mol. The van der Waals surface area contributed by atoms with E-state index in [1.165, 1.54) is 0 Å². The average molecular weight is 242 g/mol. The maximum atomic E-state index is 6.01. The first-order valence-corrected chi connectivity index (χ1v) is 6.53. The Balaban J connectivity index is 2.23. The first kappa shape index (κ1) is 13.3. The summed E-state index contributed by atoms with van der Waals surface area (Å²) in [7, 11) is 2.01. The van der Waals surface area contributed by atoms with Crippen molar-refractivity contribution in [2.75, 3.05) is 0 Å². The molecule has 0 saturated carbocycles. The van der Waals surface area contributed by atoms with E-state index in [1.54, 1.807) is 0 Å². The predicted molar refractivity (Wildman–Crippen MR) is 66.7 cm³/mol. The summed E-state index contributed by atoms with van der Waals surface area (Å²) >= 11 is 0. The zero-order chi connectivity index (χ0) is 12.8. The molecule has 4 nitrogen and oxygen atoms in total. The molecule has 0 N–H and O–H groups in total. The molecule has 0 aromatic carbocycles. The number of rotatable bonds is 4. The van der Waals surface area contributed by atoms with Crippen molar-refractivity contribution in [1.82, 2.24) is 0 Å². The van der Waals surface area contributed by atoms with Gasteiger partial charge in [0.1, 0.15) is 26.2 Å². The third-order valence-corrected chi connectivity index (χ3v) is 3.29. The van der Waals surface area contributed by atoms with Crippen LogP contribution in [0.1, 0.15) is 34.6 Å². The van der Waals surface area contributed by atoms with E-state index in [0.717, 1.165) is 0 Å². The molecule has 2 heterocycles. The van der Waals surface area contributed by atoms with E-state index in [4.69, 9.17) is 18.9 Å². The smallest absolute Gasteiger partial charge is 0.224 e. The van der Waals surface area contributed by atoms with Crippen LogP contribution in [0, 0.1) is 0 Å². The minimum absolute atomic E-state index is 0.0219. The molecular weight excluding hydrogens is 219 g/mol. The van der Waals surface area contributed by atoms with Crippen molar-refractivity contribution >= 4 is 7.85 Å². The molecule has 1 unspecified atom stereocenters. The van der Waals surface area contributed by atoms with Gasteiger partial charge in [-0.1, -0.05) is 0 Å². The van der Waals surface area contributed by atoms with E-state index in [0.29, 0.717) is 0 Å². The lowest BCUT2D eigenvalue weighted by molar-refractivity contribution is -0.307. The van der Waals surface area contributed by atoms with E-state index in [-0.39, 0.29) is 36.5 Å². The fourth-order valence-electron chi connectivity index (χ4n) is 2.76. The molecule has 2 rings (SSSR count). The third-order valence-electron chi connectivity index (χ3n) is 3.29. The van der Waals surface area contributed by atoms with Gasteiger partial charge in [-0.2, -0.15) is 0 Å². The number of hydrogen-bond donors (Lipinski definition) is 0. The molecule has 0 amide bonds. The van der Waals surface area contributed by atoms with E-state index >= 15 is 0 Å². The Kier molecular flexibility index (Phi) is 3.56. The molecule has 2 aliphatic rings. The zero-order valence-electron chi connectivity index (χ0n) is 11.6. The highest BCUT2D eigenvalue weighted by Gasteiger charge is 2.66. The van der Waals surface area contributed by atoms with Gasteiger partial charge in [-0.15, -0.1) is 0 Å². The van der Waals surface area contributed by atoms with Crippen molar-refractivity contribution in [1.29, 1.82) is 0 Å². The van der Waals surface area contributed by atoms with Crippen molar-refractivity contribution in [3.8, 4) is 0 Å². The molecule has 0 radical (unpaired) electrons. The summed E-state index contributed by atoms with van der Waals surface area (Å²) in [6.45, 7) is 10.1. The Bertz CT molecular complexity index is 284.